The number of anilines is 1. The molecule has 0 radical (unpaired) electrons. The van der Waals surface area contributed by atoms with Gasteiger partial charge in [0.15, 0.2) is 0 Å². The molecular formula is C17H14ClN3O2. The fraction of sp³-hybridized carbons (Fsp3) is 0. The van der Waals surface area contributed by atoms with E-state index in [1.54, 1.807) is 30.3 Å². The molecular weight excluding hydrogens is 314 g/mol. The molecule has 0 aliphatic carbocycles. The van der Waals surface area contributed by atoms with Gasteiger partial charge >= 0.3 is 11.8 Å². The lowest BCUT2D eigenvalue weighted by molar-refractivity contribution is -0.136. The lowest BCUT2D eigenvalue weighted by atomic mass is 10.2. The molecule has 0 aliphatic rings. The van der Waals surface area contributed by atoms with Crippen LogP contribution in [0, 0.1) is 0 Å². The van der Waals surface area contributed by atoms with Crippen LogP contribution in [0.4, 0.5) is 5.69 Å². The van der Waals surface area contributed by atoms with Gasteiger partial charge in [-0.1, -0.05) is 48.0 Å². The van der Waals surface area contributed by atoms with E-state index in [2.05, 4.69) is 15.8 Å². The van der Waals surface area contributed by atoms with E-state index < -0.39 is 11.8 Å². The second-order valence-electron chi connectivity index (χ2n) is 4.45. The Bertz CT molecular complexity index is 725. The predicted octanol–water partition coefficient (Wildman–Crippen LogP) is 3.09. The van der Waals surface area contributed by atoms with Crippen LogP contribution in [0.5, 0.6) is 0 Å². The first-order chi connectivity index (χ1) is 11.1. The largest absolute Gasteiger partial charge is 0.329 e. The molecule has 0 spiro atoms. The second-order valence-corrected chi connectivity index (χ2v) is 4.89. The Kier molecular flexibility index (Phi) is 6.08. The fourth-order valence-electron chi connectivity index (χ4n) is 1.63. The van der Waals surface area contributed by atoms with Crippen LogP contribution in [0.25, 0.3) is 6.08 Å². The van der Waals surface area contributed by atoms with Crippen molar-refractivity contribution in [1.82, 2.24) is 5.43 Å². The molecule has 0 fully saturated rings. The maximum atomic E-state index is 11.6. The van der Waals surface area contributed by atoms with Crippen LogP contribution in [0.3, 0.4) is 0 Å². The number of hydrazone groups is 1. The normalized spacial score (nSPS) is 10.8. The van der Waals surface area contributed by atoms with Crippen molar-refractivity contribution in [3.8, 4) is 0 Å². The van der Waals surface area contributed by atoms with Gasteiger partial charge in [0.05, 0.1) is 0 Å². The van der Waals surface area contributed by atoms with Crippen LogP contribution in [-0.2, 0) is 9.59 Å². The average molecular weight is 328 g/mol. The standard InChI is InChI=1S/C17H14ClN3O2/c18-14-8-10-15(11-9-14)20-16(22)17(23)21-19-12-4-7-13-5-2-1-3-6-13/h1-12H,(H,20,22)(H,21,23)/b7-4+,19-12-. The summed E-state index contributed by atoms with van der Waals surface area (Å²) in [7, 11) is 0. The van der Waals surface area contributed by atoms with Crippen molar-refractivity contribution in [2.24, 2.45) is 5.10 Å². The highest BCUT2D eigenvalue weighted by Crippen LogP contribution is 2.13. The summed E-state index contributed by atoms with van der Waals surface area (Å²) in [6.07, 6.45) is 4.87. The van der Waals surface area contributed by atoms with E-state index in [1.165, 1.54) is 6.21 Å². The van der Waals surface area contributed by atoms with Crippen molar-refractivity contribution < 1.29 is 9.59 Å². The number of rotatable bonds is 4. The minimum absolute atomic E-state index is 0.475. The van der Waals surface area contributed by atoms with E-state index in [0.717, 1.165) is 5.56 Å². The number of nitrogens with one attached hydrogen (secondary N) is 2. The molecule has 2 rings (SSSR count). The highest BCUT2D eigenvalue weighted by atomic mass is 35.5. The van der Waals surface area contributed by atoms with Crippen LogP contribution < -0.4 is 10.7 Å². The molecule has 0 heterocycles. The molecule has 0 saturated heterocycles. The van der Waals surface area contributed by atoms with Gasteiger partial charge in [0.25, 0.3) is 0 Å². The van der Waals surface area contributed by atoms with Crippen molar-refractivity contribution in [2.45, 2.75) is 0 Å². The minimum Gasteiger partial charge on any atom is -0.318 e. The van der Waals surface area contributed by atoms with Gasteiger partial charge in [-0.15, -0.1) is 0 Å². The van der Waals surface area contributed by atoms with Crippen LogP contribution in [0.2, 0.25) is 5.02 Å². The van der Waals surface area contributed by atoms with Crippen LogP contribution in [0.1, 0.15) is 5.56 Å². The van der Waals surface area contributed by atoms with E-state index in [-0.39, 0.29) is 0 Å². The maximum Gasteiger partial charge on any atom is 0.329 e. The quantitative estimate of drug-likeness (QED) is 0.514. The van der Waals surface area contributed by atoms with Gasteiger partial charge in [-0.2, -0.15) is 5.10 Å². The average Bonchev–Trinajstić information content (AvgIpc) is 2.57. The number of hydrogen-bond acceptors (Lipinski definition) is 3. The van der Waals surface area contributed by atoms with Crippen molar-refractivity contribution in [3.05, 3.63) is 71.3 Å². The van der Waals surface area contributed by atoms with Gasteiger partial charge in [-0.25, -0.2) is 5.43 Å². The first-order valence-corrected chi connectivity index (χ1v) is 7.14. The maximum absolute atomic E-state index is 11.6. The molecule has 0 aromatic heterocycles. The fourth-order valence-corrected chi connectivity index (χ4v) is 1.76. The molecule has 23 heavy (non-hydrogen) atoms. The monoisotopic (exact) mass is 327 g/mol. The van der Waals surface area contributed by atoms with E-state index in [1.807, 2.05) is 36.4 Å². The number of nitrogens with zero attached hydrogens (tertiary/aromatic N) is 1. The molecule has 2 aromatic rings. The smallest absolute Gasteiger partial charge is 0.318 e. The molecule has 116 valence electrons. The molecule has 0 bridgehead atoms. The summed E-state index contributed by atoms with van der Waals surface area (Å²) in [5.74, 6) is -1.67. The Balaban J connectivity index is 1.79. The van der Waals surface area contributed by atoms with Crippen molar-refractivity contribution in [1.29, 1.82) is 0 Å². The van der Waals surface area contributed by atoms with E-state index in [4.69, 9.17) is 11.6 Å². The van der Waals surface area contributed by atoms with E-state index in [0.29, 0.717) is 10.7 Å². The zero-order chi connectivity index (χ0) is 16.5. The SMILES string of the molecule is O=C(N/N=C\C=C\c1ccccc1)C(=O)Nc1ccc(Cl)cc1. The third-order valence-corrected chi connectivity index (χ3v) is 2.98. The Labute approximate surface area is 138 Å². The van der Waals surface area contributed by atoms with Crippen LogP contribution in [0.15, 0.2) is 65.8 Å². The summed E-state index contributed by atoms with van der Waals surface area (Å²) < 4.78 is 0. The molecule has 0 saturated carbocycles. The molecule has 0 unspecified atom stereocenters. The molecule has 2 amide bonds. The van der Waals surface area contributed by atoms with E-state index >= 15 is 0 Å². The first-order valence-electron chi connectivity index (χ1n) is 6.77. The molecule has 6 heteroatoms. The summed E-state index contributed by atoms with van der Waals surface area (Å²) in [5.41, 5.74) is 3.62. The molecule has 0 atom stereocenters. The van der Waals surface area contributed by atoms with E-state index in [9.17, 15) is 9.59 Å². The first kappa shape index (κ1) is 16.5. The van der Waals surface area contributed by atoms with Gasteiger partial charge in [-0.05, 0) is 35.9 Å². The van der Waals surface area contributed by atoms with Crippen LogP contribution in [-0.4, -0.2) is 18.0 Å². The zero-order valence-corrected chi connectivity index (χ0v) is 12.8. The second kappa shape index (κ2) is 8.51. The molecule has 2 aromatic carbocycles. The highest BCUT2D eigenvalue weighted by molar-refractivity contribution is 6.39. The Morgan fingerprint density at radius 2 is 1.65 bits per heavy atom. The van der Waals surface area contributed by atoms with Crippen molar-refractivity contribution in [3.63, 3.8) is 0 Å². The number of hydrogen-bond donors (Lipinski definition) is 2. The number of allylic oxidation sites excluding steroid dienone is 1. The summed E-state index contributed by atoms with van der Waals surface area (Å²) in [6, 6.07) is 16.0. The lowest BCUT2D eigenvalue weighted by Crippen LogP contribution is -2.32. The summed E-state index contributed by atoms with van der Waals surface area (Å²) in [6.45, 7) is 0. The number of halogens is 1. The predicted molar refractivity (Wildman–Crippen MR) is 92.2 cm³/mol. The summed E-state index contributed by atoms with van der Waals surface area (Å²) >= 11 is 5.74. The molecule has 0 aliphatic heterocycles. The number of amides is 2. The topological polar surface area (TPSA) is 70.6 Å². The lowest BCUT2D eigenvalue weighted by Gasteiger charge is -2.03. The minimum atomic E-state index is -0.857. The van der Waals surface area contributed by atoms with Crippen molar-refractivity contribution in [2.75, 3.05) is 5.32 Å². The van der Waals surface area contributed by atoms with Gasteiger partial charge in [0.1, 0.15) is 0 Å². The number of carbonyl (C=O) groups excluding carboxylic acids is 2. The molecule has 2 N–H and O–H groups in total. The summed E-state index contributed by atoms with van der Waals surface area (Å²) in [4.78, 5) is 23.2. The molecule has 5 nitrogen and oxygen atoms in total. The van der Waals surface area contributed by atoms with Gasteiger partial charge in [-0.3, -0.25) is 9.59 Å². The summed E-state index contributed by atoms with van der Waals surface area (Å²) in [5, 5.41) is 6.65. The van der Waals surface area contributed by atoms with Gasteiger partial charge in [0.2, 0.25) is 0 Å². The number of benzene rings is 2. The highest BCUT2D eigenvalue weighted by Gasteiger charge is 2.12. The van der Waals surface area contributed by atoms with Crippen LogP contribution >= 0.6 is 11.6 Å². The third-order valence-electron chi connectivity index (χ3n) is 2.72. The van der Waals surface area contributed by atoms with Crippen molar-refractivity contribution >= 4 is 41.4 Å². The zero-order valence-electron chi connectivity index (χ0n) is 12.1. The van der Waals surface area contributed by atoms with Gasteiger partial charge in [0, 0.05) is 16.9 Å². The van der Waals surface area contributed by atoms with Gasteiger partial charge < -0.3 is 5.32 Å². The Morgan fingerprint density at radius 3 is 2.35 bits per heavy atom. The third kappa shape index (κ3) is 5.76. The Morgan fingerprint density at radius 1 is 0.957 bits per heavy atom. The Hall–Kier alpha value is -2.92. The number of carbonyl (C=O) groups is 2.